The number of primary amides is 1. The number of hydrogen-bond donors (Lipinski definition) is 1. The largest absolute Gasteiger partial charge is 0.448 e. The highest BCUT2D eigenvalue weighted by Gasteiger charge is 2.18. The van der Waals surface area contributed by atoms with Crippen LogP contribution in [0.1, 0.15) is 176 Å². The van der Waals surface area contributed by atoms with Crippen LogP contribution in [0.3, 0.4) is 0 Å². The van der Waals surface area contributed by atoms with E-state index < -0.39 is 0 Å². The minimum absolute atomic E-state index is 0. The number of hydrogen-bond acceptors (Lipinski definition) is 6. The maximum Gasteiger partial charge on any atom is 0.214 e. The molecule has 0 saturated heterocycles. The lowest BCUT2D eigenvalue weighted by molar-refractivity contribution is -0.115. The van der Waals surface area contributed by atoms with Crippen LogP contribution >= 0.6 is 11.3 Å². The molecule has 3 heterocycles. The molecule has 0 saturated carbocycles. The van der Waals surface area contributed by atoms with Crippen molar-refractivity contribution < 1.29 is 9.21 Å². The summed E-state index contributed by atoms with van der Waals surface area (Å²) >= 11 is 1.72. The maximum absolute atomic E-state index is 9.22. The Morgan fingerprint density at radius 2 is 0.982 bits per heavy atom. The minimum atomic E-state index is -0.333. The van der Waals surface area contributed by atoms with Gasteiger partial charge in [-0.15, -0.1) is 11.3 Å². The molecule has 328 valence electrons. The van der Waals surface area contributed by atoms with Gasteiger partial charge in [0.1, 0.15) is 12.1 Å². The van der Waals surface area contributed by atoms with E-state index in [4.69, 9.17) is 4.42 Å². The third kappa shape index (κ3) is 29.8. The number of carbonyl (C=O) groups is 1. The molecule has 0 aliphatic rings. The van der Waals surface area contributed by atoms with Crippen molar-refractivity contribution in [1.82, 2.24) is 19.5 Å². The molecule has 0 fully saturated rings. The zero-order valence-corrected chi connectivity index (χ0v) is 36.1. The van der Waals surface area contributed by atoms with Gasteiger partial charge in [-0.05, 0) is 22.0 Å². The molecule has 0 atom stereocenters. The van der Waals surface area contributed by atoms with Crippen LogP contribution in [0.2, 0.25) is 0 Å². The number of nitrogens with two attached hydrogens (primary N) is 1. The summed E-state index contributed by atoms with van der Waals surface area (Å²) in [6.45, 7) is 33.9. The van der Waals surface area contributed by atoms with Gasteiger partial charge in [0.25, 0.3) is 0 Å². The van der Waals surface area contributed by atoms with Gasteiger partial charge in [0, 0.05) is 54.2 Å². The number of nitrogens with zero attached hydrogens (tertiary/aromatic N) is 4. The monoisotopic (exact) mass is 812 g/mol. The second kappa shape index (κ2) is 29.2. The summed E-state index contributed by atoms with van der Waals surface area (Å²) in [5.74, 6) is 1.59. The van der Waals surface area contributed by atoms with E-state index in [2.05, 4.69) is 190 Å². The molecule has 8 heteroatoms. The van der Waals surface area contributed by atoms with Crippen molar-refractivity contribution >= 4 is 17.2 Å². The van der Waals surface area contributed by atoms with Gasteiger partial charge in [-0.1, -0.05) is 202 Å². The van der Waals surface area contributed by atoms with E-state index >= 15 is 0 Å². The van der Waals surface area contributed by atoms with Crippen molar-refractivity contribution in [2.45, 2.75) is 175 Å². The summed E-state index contributed by atoms with van der Waals surface area (Å²) in [6, 6.07) is 21.1. The molecule has 0 unspecified atom stereocenters. The van der Waals surface area contributed by atoms with Crippen LogP contribution in [-0.4, -0.2) is 25.4 Å². The lowest BCUT2D eigenvalue weighted by atomic mass is 9.87. The van der Waals surface area contributed by atoms with Crippen molar-refractivity contribution in [2.24, 2.45) is 12.8 Å². The van der Waals surface area contributed by atoms with Crippen LogP contribution in [0.25, 0.3) is 0 Å². The second-order valence-electron chi connectivity index (χ2n) is 17.6. The molecule has 0 radical (unpaired) electrons. The molecule has 0 bridgehead atoms. The SMILES string of the molecule is C.C.C.C.C.CC(C)(C)c1ccccc1.CC(C)(C)c1ccccc1.CC(C)(C)c1ncco1.CC(C)(C)c1nccs1.CC(N)=O.Cn1ccnc1C(C)(C)C. The van der Waals surface area contributed by atoms with E-state index in [0.717, 1.165) is 11.7 Å². The van der Waals surface area contributed by atoms with E-state index in [1.165, 1.54) is 23.1 Å². The van der Waals surface area contributed by atoms with E-state index in [-0.39, 0.29) is 59.3 Å². The summed E-state index contributed by atoms with van der Waals surface area (Å²) < 4.78 is 7.14. The van der Waals surface area contributed by atoms with Crippen LogP contribution in [0, 0.1) is 0 Å². The van der Waals surface area contributed by atoms with Gasteiger partial charge >= 0.3 is 0 Å². The lowest BCUT2D eigenvalue weighted by Gasteiger charge is -2.18. The first kappa shape index (κ1) is 64.8. The number of carbonyl (C=O) groups excluding carboxylic acids is 1. The molecule has 5 rings (SSSR count). The van der Waals surface area contributed by atoms with Crippen LogP contribution in [0.15, 0.2) is 102 Å². The standard InChI is InChI=1S/2C10H14.C8H14N2.C7H11NO.C7H11NS.C2H5NO.5CH4/c2*1-10(2,3)9-7-5-4-6-8-9;1-8(2,3)7-9-5-6-10(7)4;2*1-7(2,3)6-8-4-5-9-6;1-2(3)4;;;;;/h2*4-8H,1-3H3;5-6H,1-4H3;2*4-5H,1-3H3;1H3,(H2,3,4);5*1H4. The number of aryl methyl sites for hydroxylation is 1. The number of rotatable bonds is 0. The average Bonchev–Trinajstić information content (AvgIpc) is 3.81. The maximum atomic E-state index is 9.22. The first-order valence-electron chi connectivity index (χ1n) is 17.8. The molecule has 7 nitrogen and oxygen atoms in total. The van der Waals surface area contributed by atoms with Crippen LogP contribution < -0.4 is 5.73 Å². The number of benzene rings is 2. The van der Waals surface area contributed by atoms with E-state index in [9.17, 15) is 4.79 Å². The van der Waals surface area contributed by atoms with Crippen molar-refractivity contribution in [3.8, 4) is 0 Å². The highest BCUT2D eigenvalue weighted by Crippen LogP contribution is 2.24. The fraction of sp³-hybridized carbons (Fsp3) is 0.551. The molecule has 2 aromatic carbocycles. The number of imidazole rings is 1. The smallest absolute Gasteiger partial charge is 0.214 e. The summed E-state index contributed by atoms with van der Waals surface area (Å²) in [7, 11) is 2.02. The molecule has 0 aliphatic carbocycles. The first-order chi connectivity index (χ1) is 23.7. The van der Waals surface area contributed by atoms with Gasteiger partial charge in [-0.3, -0.25) is 4.79 Å². The Bertz CT molecular complexity index is 1510. The van der Waals surface area contributed by atoms with Crippen molar-refractivity contribution in [3.63, 3.8) is 0 Å². The normalized spacial score (nSPS) is 10.3. The molecule has 0 aliphatic heterocycles. The fourth-order valence-electron chi connectivity index (χ4n) is 4.15. The number of thiazole rings is 1. The predicted octanol–water partition coefficient (Wildman–Crippen LogP) is 14.8. The summed E-state index contributed by atoms with van der Waals surface area (Å²) in [5, 5.41) is 3.23. The fourth-order valence-corrected chi connectivity index (χ4v) is 4.88. The topological polar surface area (TPSA) is 99.8 Å². The van der Waals surface area contributed by atoms with E-state index in [1.54, 1.807) is 23.8 Å². The zero-order valence-electron chi connectivity index (χ0n) is 35.3. The number of amides is 1. The van der Waals surface area contributed by atoms with Crippen LogP contribution in [0.5, 0.6) is 0 Å². The van der Waals surface area contributed by atoms with Crippen LogP contribution in [0.4, 0.5) is 0 Å². The third-order valence-corrected chi connectivity index (χ3v) is 8.12. The average molecular weight is 812 g/mol. The van der Waals surface area contributed by atoms with Gasteiger partial charge in [-0.2, -0.15) is 0 Å². The van der Waals surface area contributed by atoms with Crippen LogP contribution in [-0.2, 0) is 38.9 Å². The molecular weight excluding hydrogens is 723 g/mol. The highest BCUT2D eigenvalue weighted by atomic mass is 32.1. The Morgan fingerprint density at radius 1 is 0.579 bits per heavy atom. The molecule has 0 spiro atoms. The van der Waals surface area contributed by atoms with Gasteiger partial charge in [-0.25, -0.2) is 15.0 Å². The molecule has 1 amide bonds. The Morgan fingerprint density at radius 3 is 1.14 bits per heavy atom. The molecule has 57 heavy (non-hydrogen) atoms. The Labute approximate surface area is 357 Å². The Balaban J connectivity index is -0.000000136. The van der Waals surface area contributed by atoms with E-state index in [1.807, 2.05) is 31.0 Å². The van der Waals surface area contributed by atoms with Gasteiger partial charge in [0.2, 0.25) is 5.91 Å². The lowest BCUT2D eigenvalue weighted by Crippen LogP contribution is -2.16. The quantitative estimate of drug-likeness (QED) is 0.168. The van der Waals surface area contributed by atoms with Crippen molar-refractivity contribution in [3.05, 3.63) is 125 Å². The summed E-state index contributed by atoms with van der Waals surface area (Å²) in [6.07, 6.45) is 8.92. The van der Waals surface area contributed by atoms with Gasteiger partial charge in [0.15, 0.2) is 5.89 Å². The molecular formula is C49H89N5O2S. The van der Waals surface area contributed by atoms with Crippen molar-refractivity contribution in [1.29, 1.82) is 0 Å². The Kier molecular flexibility index (Phi) is 33.2. The number of aromatic nitrogens is 4. The van der Waals surface area contributed by atoms with Gasteiger partial charge in [0.05, 0.1) is 11.2 Å². The summed E-state index contributed by atoms with van der Waals surface area (Å²) in [4.78, 5) is 21.7. The third-order valence-electron chi connectivity index (χ3n) is 6.92. The second-order valence-corrected chi connectivity index (χ2v) is 18.5. The molecule has 5 aromatic rings. The summed E-state index contributed by atoms with van der Waals surface area (Å²) in [5.41, 5.74) is 8.29. The predicted molar refractivity (Wildman–Crippen MR) is 257 cm³/mol. The first-order valence-corrected chi connectivity index (χ1v) is 18.7. The molecule has 2 N–H and O–H groups in total. The molecule has 3 aromatic heterocycles. The Hall–Kier alpha value is -4.04. The number of oxazole rings is 1. The van der Waals surface area contributed by atoms with E-state index in [0.29, 0.717) is 10.8 Å². The minimum Gasteiger partial charge on any atom is -0.448 e. The highest BCUT2D eigenvalue weighted by molar-refractivity contribution is 7.09. The van der Waals surface area contributed by atoms with Gasteiger partial charge < -0.3 is 14.7 Å². The zero-order chi connectivity index (χ0) is 40.4. The van der Waals surface area contributed by atoms with Crippen molar-refractivity contribution in [2.75, 3.05) is 0 Å².